The Bertz CT molecular complexity index is 982. The van der Waals surface area contributed by atoms with Crippen LogP contribution in [0, 0.1) is 3.57 Å². The highest BCUT2D eigenvalue weighted by Crippen LogP contribution is 2.41. The zero-order valence-electron chi connectivity index (χ0n) is 14.3. The van der Waals surface area contributed by atoms with E-state index in [0.717, 1.165) is 36.8 Å². The molecule has 4 rings (SSSR count). The summed E-state index contributed by atoms with van der Waals surface area (Å²) >= 11 is 2.33. The van der Waals surface area contributed by atoms with E-state index in [1.807, 2.05) is 37.3 Å². The van der Waals surface area contributed by atoms with E-state index >= 15 is 0 Å². The van der Waals surface area contributed by atoms with Crippen molar-refractivity contribution in [3.8, 4) is 22.6 Å². The lowest BCUT2D eigenvalue weighted by Crippen LogP contribution is -2.09. The van der Waals surface area contributed by atoms with Crippen LogP contribution >= 0.6 is 22.6 Å². The van der Waals surface area contributed by atoms with E-state index in [0.29, 0.717) is 12.4 Å². The monoisotopic (exact) mass is 460 g/mol. The van der Waals surface area contributed by atoms with Gasteiger partial charge in [0.05, 0.1) is 13.0 Å². The highest BCUT2D eigenvalue weighted by molar-refractivity contribution is 14.1. The Balaban J connectivity index is 1.98. The van der Waals surface area contributed by atoms with Crippen molar-refractivity contribution in [2.75, 3.05) is 13.4 Å². The molecule has 0 aliphatic carbocycles. The number of hydrogen-bond donors (Lipinski definition) is 0. The van der Waals surface area contributed by atoms with Gasteiger partial charge in [-0.25, -0.2) is 0 Å². The molecule has 0 saturated carbocycles. The molecule has 0 spiro atoms. The summed E-state index contributed by atoms with van der Waals surface area (Å²) in [6.07, 6.45) is 0.213. The summed E-state index contributed by atoms with van der Waals surface area (Å²) in [6.45, 7) is 2.41. The standard InChI is InChI=1S/C21H17IO4/c1-2-24-20(23)11-16-15-10-19-18(25-12-26-19)9-14(15)8-17(22)21(16)13-6-4-3-5-7-13/h3-10H,2,11-12H2,1H3. The SMILES string of the molecule is CCOC(=O)Cc1c(-c2ccccc2)c(I)cc2cc3c(cc12)OCO3. The molecule has 132 valence electrons. The van der Waals surface area contributed by atoms with Crippen LogP contribution in [0.5, 0.6) is 11.5 Å². The van der Waals surface area contributed by atoms with Crippen LogP contribution in [0.3, 0.4) is 0 Å². The molecule has 1 aliphatic rings. The van der Waals surface area contributed by atoms with Gasteiger partial charge in [0.2, 0.25) is 6.79 Å². The van der Waals surface area contributed by atoms with Gasteiger partial charge < -0.3 is 14.2 Å². The second kappa shape index (κ2) is 7.15. The van der Waals surface area contributed by atoms with Crippen LogP contribution in [-0.4, -0.2) is 19.4 Å². The van der Waals surface area contributed by atoms with Crippen LogP contribution < -0.4 is 9.47 Å². The van der Waals surface area contributed by atoms with Crippen molar-refractivity contribution in [1.29, 1.82) is 0 Å². The fourth-order valence-electron chi connectivity index (χ4n) is 3.28. The zero-order valence-corrected chi connectivity index (χ0v) is 16.4. The first kappa shape index (κ1) is 17.1. The Hall–Kier alpha value is -2.28. The molecule has 26 heavy (non-hydrogen) atoms. The van der Waals surface area contributed by atoms with Crippen molar-refractivity contribution in [1.82, 2.24) is 0 Å². The summed E-state index contributed by atoms with van der Waals surface area (Å²) in [7, 11) is 0. The molecule has 0 radical (unpaired) electrons. The van der Waals surface area contributed by atoms with Crippen LogP contribution in [0.2, 0.25) is 0 Å². The van der Waals surface area contributed by atoms with Crippen molar-refractivity contribution in [3.63, 3.8) is 0 Å². The molecular weight excluding hydrogens is 443 g/mol. The normalized spacial score (nSPS) is 12.4. The van der Waals surface area contributed by atoms with E-state index in [4.69, 9.17) is 14.2 Å². The van der Waals surface area contributed by atoms with Crippen LogP contribution in [0.4, 0.5) is 0 Å². The first-order valence-corrected chi connectivity index (χ1v) is 9.51. The van der Waals surface area contributed by atoms with Gasteiger partial charge in [-0.1, -0.05) is 30.3 Å². The molecule has 1 heterocycles. The molecule has 0 N–H and O–H groups in total. The van der Waals surface area contributed by atoms with E-state index in [2.05, 4.69) is 40.8 Å². The van der Waals surface area contributed by atoms with E-state index in [-0.39, 0.29) is 19.2 Å². The minimum atomic E-state index is -0.231. The van der Waals surface area contributed by atoms with Crippen LogP contribution in [0.25, 0.3) is 21.9 Å². The first-order valence-electron chi connectivity index (χ1n) is 8.43. The van der Waals surface area contributed by atoms with Gasteiger partial charge in [-0.15, -0.1) is 0 Å². The van der Waals surface area contributed by atoms with E-state index in [1.54, 1.807) is 0 Å². The van der Waals surface area contributed by atoms with Gasteiger partial charge in [-0.05, 0) is 75.2 Å². The van der Waals surface area contributed by atoms with Crippen molar-refractivity contribution in [2.45, 2.75) is 13.3 Å². The van der Waals surface area contributed by atoms with Crippen molar-refractivity contribution in [2.24, 2.45) is 0 Å². The molecule has 0 atom stereocenters. The molecule has 0 saturated heterocycles. The molecule has 4 nitrogen and oxygen atoms in total. The minimum Gasteiger partial charge on any atom is -0.466 e. The second-order valence-corrected chi connectivity index (χ2v) is 7.15. The van der Waals surface area contributed by atoms with E-state index < -0.39 is 0 Å². The van der Waals surface area contributed by atoms with Gasteiger partial charge in [0.25, 0.3) is 0 Å². The second-order valence-electron chi connectivity index (χ2n) is 5.99. The lowest BCUT2D eigenvalue weighted by Gasteiger charge is -2.16. The van der Waals surface area contributed by atoms with Crippen molar-refractivity contribution in [3.05, 3.63) is 57.7 Å². The van der Waals surface area contributed by atoms with Crippen LogP contribution in [0.15, 0.2) is 48.5 Å². The molecule has 0 bridgehead atoms. The summed E-state index contributed by atoms with van der Waals surface area (Å²) in [5, 5.41) is 2.01. The van der Waals surface area contributed by atoms with E-state index in [1.165, 1.54) is 0 Å². The predicted octanol–water partition coefficient (Wildman–Crippen LogP) is 4.95. The zero-order chi connectivity index (χ0) is 18.1. The van der Waals surface area contributed by atoms with Crippen molar-refractivity contribution < 1.29 is 19.0 Å². The number of hydrogen-bond acceptors (Lipinski definition) is 4. The lowest BCUT2D eigenvalue weighted by molar-refractivity contribution is -0.142. The van der Waals surface area contributed by atoms with Crippen LogP contribution in [-0.2, 0) is 16.0 Å². The molecule has 0 amide bonds. The maximum atomic E-state index is 12.3. The third-order valence-electron chi connectivity index (χ3n) is 4.38. The highest BCUT2D eigenvalue weighted by atomic mass is 127. The smallest absolute Gasteiger partial charge is 0.310 e. The van der Waals surface area contributed by atoms with Gasteiger partial charge in [-0.2, -0.15) is 0 Å². The summed E-state index contributed by atoms with van der Waals surface area (Å²) in [4.78, 5) is 12.3. The van der Waals surface area contributed by atoms with Crippen molar-refractivity contribution >= 4 is 39.3 Å². The molecule has 0 unspecified atom stereocenters. The minimum absolute atomic E-state index is 0.213. The molecule has 0 aromatic heterocycles. The number of ether oxygens (including phenoxy) is 3. The largest absolute Gasteiger partial charge is 0.466 e. The molecule has 1 aliphatic heterocycles. The maximum Gasteiger partial charge on any atom is 0.310 e. The average Bonchev–Trinajstić information content (AvgIpc) is 3.08. The third-order valence-corrected chi connectivity index (χ3v) is 5.23. The number of rotatable bonds is 4. The lowest BCUT2D eigenvalue weighted by atomic mass is 9.92. The molecule has 0 fully saturated rings. The quantitative estimate of drug-likeness (QED) is 0.409. The topological polar surface area (TPSA) is 44.8 Å². The average molecular weight is 460 g/mol. The molecular formula is C21H17IO4. The number of carbonyl (C=O) groups excluding carboxylic acids is 1. The highest BCUT2D eigenvalue weighted by Gasteiger charge is 2.21. The summed E-state index contributed by atoms with van der Waals surface area (Å²) in [6, 6.07) is 16.2. The Morgan fingerprint density at radius 2 is 1.85 bits per heavy atom. The van der Waals surface area contributed by atoms with Gasteiger partial charge in [0.1, 0.15) is 0 Å². The van der Waals surface area contributed by atoms with Gasteiger partial charge in [0.15, 0.2) is 11.5 Å². The van der Waals surface area contributed by atoms with Gasteiger partial charge in [0, 0.05) is 3.57 Å². The van der Waals surface area contributed by atoms with Gasteiger partial charge >= 0.3 is 5.97 Å². The number of carbonyl (C=O) groups is 1. The fourth-order valence-corrected chi connectivity index (χ4v) is 4.26. The Morgan fingerprint density at radius 3 is 2.58 bits per heavy atom. The third kappa shape index (κ3) is 3.11. The predicted molar refractivity (Wildman–Crippen MR) is 109 cm³/mol. The summed E-state index contributed by atoms with van der Waals surface area (Å²) < 4.78 is 17.4. The number of halogens is 1. The first-order chi connectivity index (χ1) is 12.7. The number of esters is 1. The maximum absolute atomic E-state index is 12.3. The number of fused-ring (bicyclic) bond motifs is 2. The van der Waals surface area contributed by atoms with E-state index in [9.17, 15) is 4.79 Å². The van der Waals surface area contributed by atoms with Gasteiger partial charge in [-0.3, -0.25) is 4.79 Å². The number of benzene rings is 3. The van der Waals surface area contributed by atoms with Crippen LogP contribution in [0.1, 0.15) is 12.5 Å². The molecule has 3 aromatic rings. The fraction of sp³-hybridized carbons (Fsp3) is 0.190. The summed E-state index contributed by atoms with van der Waals surface area (Å²) in [5.41, 5.74) is 3.09. The molecule has 5 heteroatoms. The Labute approximate surface area is 165 Å². The summed E-state index contributed by atoms with van der Waals surface area (Å²) in [5.74, 6) is 1.22. The molecule has 3 aromatic carbocycles. The Kier molecular flexibility index (Phi) is 4.72. The Morgan fingerprint density at radius 1 is 1.12 bits per heavy atom.